The molecule has 0 aliphatic heterocycles. The highest BCUT2D eigenvalue weighted by Gasteiger charge is 2.24. The molecule has 2 aromatic rings. The van der Waals surface area contributed by atoms with Crippen molar-refractivity contribution in [3.8, 4) is 5.75 Å². The van der Waals surface area contributed by atoms with Crippen LogP contribution in [0.15, 0.2) is 24.4 Å². The van der Waals surface area contributed by atoms with Gasteiger partial charge in [-0.2, -0.15) is 5.10 Å². The van der Waals surface area contributed by atoms with Crippen molar-refractivity contribution in [2.75, 3.05) is 14.2 Å². The summed E-state index contributed by atoms with van der Waals surface area (Å²) in [6, 6.07) is 4.54. The summed E-state index contributed by atoms with van der Waals surface area (Å²) in [5.74, 6) is 0.135. The number of ether oxygens (including phenoxy) is 1. The summed E-state index contributed by atoms with van der Waals surface area (Å²) < 4.78 is 21.2. The lowest BCUT2D eigenvalue weighted by Crippen LogP contribution is -2.23. The van der Waals surface area contributed by atoms with E-state index in [2.05, 4.69) is 10.4 Å². The molecule has 2 rings (SSSR count). The number of hydrogen-bond acceptors (Lipinski definition) is 3. The predicted molar refractivity (Wildman–Crippen MR) is 81.5 cm³/mol. The summed E-state index contributed by atoms with van der Waals surface area (Å²) in [6.07, 6.45) is 1.59. The maximum absolute atomic E-state index is 14.3. The van der Waals surface area contributed by atoms with Gasteiger partial charge < -0.3 is 10.1 Å². The molecule has 0 saturated heterocycles. The van der Waals surface area contributed by atoms with Crippen LogP contribution >= 0.6 is 11.6 Å². The summed E-state index contributed by atoms with van der Waals surface area (Å²) in [5.41, 5.74) is 1.25. The number of nitrogens with one attached hydrogen (secondary N) is 1. The summed E-state index contributed by atoms with van der Waals surface area (Å²) in [5, 5.41) is 7.89. The second-order valence-corrected chi connectivity index (χ2v) is 5.43. The fraction of sp³-hybridized carbons (Fsp3) is 0.400. The molecule has 0 amide bonds. The zero-order chi connectivity index (χ0) is 15.6. The van der Waals surface area contributed by atoms with Crippen molar-refractivity contribution >= 4 is 11.6 Å². The topological polar surface area (TPSA) is 39.1 Å². The summed E-state index contributed by atoms with van der Waals surface area (Å²) in [4.78, 5) is 0. The third-order valence-electron chi connectivity index (χ3n) is 3.36. The standard InChI is InChI=1S/C15H19ClFN3O/c1-9(2)20-15(12(16)8-19-20)14(18-3)11-6-5-10(21-4)7-13(11)17/h5-9,14,18H,1-4H3. The second-order valence-electron chi connectivity index (χ2n) is 5.03. The van der Waals surface area contributed by atoms with Gasteiger partial charge in [0.15, 0.2) is 0 Å². The molecule has 0 radical (unpaired) electrons. The van der Waals surface area contributed by atoms with Crippen molar-refractivity contribution < 1.29 is 9.13 Å². The van der Waals surface area contributed by atoms with Gasteiger partial charge in [-0.05, 0) is 27.0 Å². The highest BCUT2D eigenvalue weighted by atomic mass is 35.5. The van der Waals surface area contributed by atoms with E-state index >= 15 is 0 Å². The Morgan fingerprint density at radius 1 is 1.38 bits per heavy atom. The van der Waals surface area contributed by atoms with Gasteiger partial charge in [-0.3, -0.25) is 4.68 Å². The van der Waals surface area contributed by atoms with Crippen molar-refractivity contribution in [3.05, 3.63) is 46.5 Å². The van der Waals surface area contributed by atoms with Gasteiger partial charge in [0.05, 0.1) is 30.1 Å². The average Bonchev–Trinajstić information content (AvgIpc) is 2.83. The molecule has 114 valence electrons. The fourth-order valence-corrected chi connectivity index (χ4v) is 2.58. The Kier molecular flexibility index (Phi) is 4.85. The number of hydrogen-bond donors (Lipinski definition) is 1. The van der Waals surface area contributed by atoms with E-state index in [1.165, 1.54) is 13.2 Å². The van der Waals surface area contributed by atoms with Gasteiger partial charge in [0.1, 0.15) is 11.6 Å². The Morgan fingerprint density at radius 3 is 2.62 bits per heavy atom. The van der Waals surface area contributed by atoms with Crippen molar-refractivity contribution in [2.45, 2.75) is 25.9 Å². The maximum atomic E-state index is 14.3. The number of aromatic nitrogens is 2. The number of rotatable bonds is 5. The van der Waals surface area contributed by atoms with E-state index in [4.69, 9.17) is 16.3 Å². The van der Waals surface area contributed by atoms with Gasteiger partial charge >= 0.3 is 0 Å². The van der Waals surface area contributed by atoms with Crippen LogP contribution in [0.25, 0.3) is 0 Å². The number of benzene rings is 1. The van der Waals surface area contributed by atoms with E-state index in [9.17, 15) is 4.39 Å². The van der Waals surface area contributed by atoms with E-state index < -0.39 is 0 Å². The van der Waals surface area contributed by atoms with Crippen molar-refractivity contribution in [3.63, 3.8) is 0 Å². The first kappa shape index (κ1) is 15.8. The van der Waals surface area contributed by atoms with Crippen molar-refractivity contribution in [1.29, 1.82) is 0 Å². The van der Waals surface area contributed by atoms with E-state index in [1.807, 2.05) is 13.8 Å². The zero-order valence-electron chi connectivity index (χ0n) is 12.5. The Hall–Kier alpha value is -1.59. The van der Waals surface area contributed by atoms with Crippen LogP contribution in [0.5, 0.6) is 5.75 Å². The van der Waals surface area contributed by atoms with E-state index in [0.29, 0.717) is 16.3 Å². The molecule has 1 unspecified atom stereocenters. The predicted octanol–water partition coefficient (Wildman–Crippen LogP) is 3.57. The zero-order valence-corrected chi connectivity index (χ0v) is 13.3. The minimum Gasteiger partial charge on any atom is -0.497 e. The summed E-state index contributed by atoms with van der Waals surface area (Å²) >= 11 is 6.25. The lowest BCUT2D eigenvalue weighted by Gasteiger charge is -2.21. The average molecular weight is 312 g/mol. The SMILES string of the molecule is CNC(c1ccc(OC)cc1F)c1c(Cl)cnn1C(C)C. The molecule has 1 atom stereocenters. The number of nitrogens with zero attached hydrogens (tertiary/aromatic N) is 2. The first-order chi connectivity index (χ1) is 9.99. The summed E-state index contributed by atoms with van der Waals surface area (Å²) in [6.45, 7) is 4.01. The quantitative estimate of drug-likeness (QED) is 0.917. The summed E-state index contributed by atoms with van der Waals surface area (Å²) in [7, 11) is 3.27. The first-order valence-electron chi connectivity index (χ1n) is 6.73. The molecule has 0 saturated carbocycles. The molecular formula is C15H19ClFN3O. The van der Waals surface area contributed by atoms with Crippen molar-refractivity contribution in [2.24, 2.45) is 0 Å². The minimum absolute atomic E-state index is 0.129. The molecule has 0 bridgehead atoms. The molecule has 6 heteroatoms. The van der Waals surface area contributed by atoms with Crippen LogP contribution in [-0.4, -0.2) is 23.9 Å². The third kappa shape index (κ3) is 3.04. The van der Waals surface area contributed by atoms with Crippen LogP contribution in [0.3, 0.4) is 0 Å². The van der Waals surface area contributed by atoms with E-state index in [-0.39, 0.29) is 17.9 Å². The Labute approximate surface area is 128 Å². The lowest BCUT2D eigenvalue weighted by atomic mass is 10.0. The Balaban J connectivity index is 2.52. The first-order valence-corrected chi connectivity index (χ1v) is 7.11. The van der Waals surface area contributed by atoms with E-state index in [1.54, 1.807) is 30.1 Å². The van der Waals surface area contributed by atoms with Gasteiger partial charge in [-0.15, -0.1) is 0 Å². The molecule has 0 aliphatic rings. The Bertz CT molecular complexity index is 627. The molecule has 1 heterocycles. The van der Waals surface area contributed by atoms with Gasteiger partial charge in [0, 0.05) is 17.7 Å². The molecule has 21 heavy (non-hydrogen) atoms. The molecule has 1 aromatic heterocycles. The van der Waals surface area contributed by atoms with Crippen molar-refractivity contribution in [1.82, 2.24) is 15.1 Å². The molecule has 4 nitrogen and oxygen atoms in total. The van der Waals surface area contributed by atoms with Crippen LogP contribution in [0.1, 0.15) is 37.2 Å². The molecule has 1 N–H and O–H groups in total. The fourth-order valence-electron chi connectivity index (χ4n) is 2.34. The highest BCUT2D eigenvalue weighted by molar-refractivity contribution is 6.31. The number of halogens is 2. The Morgan fingerprint density at radius 2 is 2.10 bits per heavy atom. The van der Waals surface area contributed by atoms with Gasteiger partial charge in [-0.1, -0.05) is 17.7 Å². The van der Waals surface area contributed by atoms with Crippen LogP contribution < -0.4 is 10.1 Å². The van der Waals surface area contributed by atoms with Gasteiger partial charge in [0.2, 0.25) is 0 Å². The van der Waals surface area contributed by atoms with Crippen LogP contribution in [0.4, 0.5) is 4.39 Å². The highest BCUT2D eigenvalue weighted by Crippen LogP contribution is 2.32. The maximum Gasteiger partial charge on any atom is 0.132 e. The largest absolute Gasteiger partial charge is 0.497 e. The second kappa shape index (κ2) is 6.45. The molecular weight excluding hydrogens is 293 g/mol. The smallest absolute Gasteiger partial charge is 0.132 e. The van der Waals surface area contributed by atoms with Crippen LogP contribution in [0, 0.1) is 5.82 Å². The van der Waals surface area contributed by atoms with Gasteiger partial charge in [-0.25, -0.2) is 4.39 Å². The molecule has 0 aliphatic carbocycles. The lowest BCUT2D eigenvalue weighted by molar-refractivity contribution is 0.409. The number of methoxy groups -OCH3 is 1. The molecule has 0 fully saturated rings. The third-order valence-corrected chi connectivity index (χ3v) is 3.65. The van der Waals surface area contributed by atoms with Crippen LogP contribution in [-0.2, 0) is 0 Å². The minimum atomic E-state index is -0.381. The van der Waals surface area contributed by atoms with Gasteiger partial charge in [0.25, 0.3) is 0 Å². The monoisotopic (exact) mass is 311 g/mol. The van der Waals surface area contributed by atoms with Crippen LogP contribution in [0.2, 0.25) is 5.02 Å². The molecule has 1 aromatic carbocycles. The normalized spacial score (nSPS) is 12.7. The van der Waals surface area contributed by atoms with E-state index in [0.717, 1.165) is 5.69 Å². The molecule has 0 spiro atoms.